The molecule has 0 atom stereocenters. The lowest BCUT2D eigenvalue weighted by atomic mass is 10.2. The summed E-state index contributed by atoms with van der Waals surface area (Å²) in [6, 6.07) is 9.92. The number of rotatable bonds is 5. The third-order valence-corrected chi connectivity index (χ3v) is 2.44. The zero-order chi connectivity index (χ0) is 11.2. The summed E-state index contributed by atoms with van der Waals surface area (Å²) in [6.45, 7) is 1.45. The monoisotopic (exact) mass is 216 g/mol. The Bertz CT molecular complexity index is 456. The number of hydrogen-bond acceptors (Lipinski definition) is 3. The van der Waals surface area contributed by atoms with Gasteiger partial charge >= 0.3 is 0 Å². The van der Waals surface area contributed by atoms with E-state index in [2.05, 4.69) is 4.98 Å². The van der Waals surface area contributed by atoms with E-state index in [1.54, 1.807) is 6.20 Å². The fraction of sp³-hybridized carbons (Fsp3) is 0.308. The van der Waals surface area contributed by atoms with Crippen LogP contribution in [0.5, 0.6) is 5.75 Å². The number of pyridine rings is 1. The number of fused-ring (bicyclic) bond motifs is 1. The van der Waals surface area contributed by atoms with Crippen LogP contribution in [0.3, 0.4) is 0 Å². The van der Waals surface area contributed by atoms with Crippen molar-refractivity contribution in [2.24, 2.45) is 5.73 Å². The molecule has 0 aliphatic heterocycles. The van der Waals surface area contributed by atoms with E-state index >= 15 is 0 Å². The lowest BCUT2D eigenvalue weighted by Gasteiger charge is -2.06. The smallest absolute Gasteiger partial charge is 0.120 e. The fourth-order valence-corrected chi connectivity index (χ4v) is 1.58. The van der Waals surface area contributed by atoms with Gasteiger partial charge in [-0.3, -0.25) is 4.98 Å². The van der Waals surface area contributed by atoms with E-state index in [-0.39, 0.29) is 0 Å². The minimum atomic E-state index is 0.725. The largest absolute Gasteiger partial charge is 0.494 e. The third kappa shape index (κ3) is 2.70. The average molecular weight is 216 g/mol. The van der Waals surface area contributed by atoms with Gasteiger partial charge in [0.2, 0.25) is 0 Å². The van der Waals surface area contributed by atoms with E-state index in [1.165, 1.54) is 0 Å². The maximum atomic E-state index is 5.63. The fourth-order valence-electron chi connectivity index (χ4n) is 1.58. The van der Waals surface area contributed by atoms with Crippen molar-refractivity contribution in [3.05, 3.63) is 36.5 Å². The van der Waals surface area contributed by atoms with Gasteiger partial charge in [0.1, 0.15) is 5.75 Å². The summed E-state index contributed by atoms with van der Waals surface area (Å²) in [4.78, 5) is 4.26. The highest BCUT2D eigenvalue weighted by Gasteiger charge is 1.97. The van der Waals surface area contributed by atoms with Gasteiger partial charge in [0, 0.05) is 11.6 Å². The Morgan fingerprint density at radius 3 is 3.00 bits per heavy atom. The Labute approximate surface area is 95.2 Å². The first kappa shape index (κ1) is 10.9. The summed E-state index contributed by atoms with van der Waals surface area (Å²) in [6.07, 6.45) is 3.81. The number of ether oxygens (including phenoxy) is 1. The normalized spacial score (nSPS) is 10.6. The van der Waals surface area contributed by atoms with Crippen LogP contribution in [0.4, 0.5) is 0 Å². The molecule has 2 N–H and O–H groups in total. The van der Waals surface area contributed by atoms with Gasteiger partial charge in [-0.1, -0.05) is 6.07 Å². The second kappa shape index (κ2) is 5.47. The molecule has 0 aliphatic rings. The molecule has 84 valence electrons. The van der Waals surface area contributed by atoms with Crippen molar-refractivity contribution in [3.63, 3.8) is 0 Å². The second-order valence-corrected chi connectivity index (χ2v) is 3.70. The standard InChI is InChI=1S/C13H16N2O/c14-7-1-2-9-16-12-5-6-13-11(10-12)4-3-8-15-13/h3-6,8,10H,1-2,7,9,14H2. The van der Waals surface area contributed by atoms with Gasteiger partial charge in [-0.15, -0.1) is 0 Å². The number of hydrogen-bond donors (Lipinski definition) is 1. The first-order valence-electron chi connectivity index (χ1n) is 5.58. The third-order valence-electron chi connectivity index (χ3n) is 2.44. The summed E-state index contributed by atoms with van der Waals surface area (Å²) >= 11 is 0. The predicted octanol–water partition coefficient (Wildman–Crippen LogP) is 2.35. The zero-order valence-corrected chi connectivity index (χ0v) is 9.23. The van der Waals surface area contributed by atoms with Crippen molar-refractivity contribution in [1.82, 2.24) is 4.98 Å². The average Bonchev–Trinajstić information content (AvgIpc) is 2.34. The number of aromatic nitrogens is 1. The molecular formula is C13H16N2O. The van der Waals surface area contributed by atoms with Crippen LogP contribution in [-0.2, 0) is 0 Å². The molecular weight excluding hydrogens is 200 g/mol. The Morgan fingerprint density at radius 1 is 1.19 bits per heavy atom. The maximum Gasteiger partial charge on any atom is 0.120 e. The van der Waals surface area contributed by atoms with E-state index < -0.39 is 0 Å². The molecule has 0 saturated heterocycles. The van der Waals surface area contributed by atoms with Gasteiger partial charge in [-0.25, -0.2) is 0 Å². The first-order chi connectivity index (χ1) is 7.90. The van der Waals surface area contributed by atoms with Crippen LogP contribution < -0.4 is 10.5 Å². The summed E-state index contributed by atoms with van der Waals surface area (Å²) in [5, 5.41) is 1.11. The van der Waals surface area contributed by atoms with Gasteiger partial charge in [0.25, 0.3) is 0 Å². The second-order valence-electron chi connectivity index (χ2n) is 3.70. The highest BCUT2D eigenvalue weighted by Crippen LogP contribution is 2.18. The Morgan fingerprint density at radius 2 is 2.12 bits per heavy atom. The Balaban J connectivity index is 2.02. The van der Waals surface area contributed by atoms with Gasteiger partial charge in [-0.05, 0) is 43.7 Å². The summed E-state index contributed by atoms with van der Waals surface area (Å²) in [5.74, 6) is 0.900. The minimum Gasteiger partial charge on any atom is -0.494 e. The van der Waals surface area contributed by atoms with Gasteiger partial charge in [0.05, 0.1) is 12.1 Å². The Hall–Kier alpha value is -1.61. The molecule has 0 unspecified atom stereocenters. The molecule has 3 nitrogen and oxygen atoms in total. The summed E-state index contributed by atoms with van der Waals surface area (Å²) in [7, 11) is 0. The van der Waals surface area contributed by atoms with Crippen molar-refractivity contribution < 1.29 is 4.74 Å². The van der Waals surface area contributed by atoms with Crippen LogP contribution in [0.15, 0.2) is 36.5 Å². The molecule has 0 bridgehead atoms. The summed E-state index contributed by atoms with van der Waals surface area (Å²) in [5.41, 5.74) is 6.42. The molecule has 0 radical (unpaired) electrons. The number of nitrogens with zero attached hydrogens (tertiary/aromatic N) is 1. The van der Waals surface area contributed by atoms with Crippen molar-refractivity contribution in [2.75, 3.05) is 13.2 Å². The van der Waals surface area contributed by atoms with Gasteiger partial charge in [0.15, 0.2) is 0 Å². The maximum absolute atomic E-state index is 5.63. The number of benzene rings is 1. The first-order valence-corrected chi connectivity index (χ1v) is 5.58. The molecule has 1 heterocycles. The van der Waals surface area contributed by atoms with Crippen LogP contribution in [0.25, 0.3) is 10.9 Å². The van der Waals surface area contributed by atoms with Crippen LogP contribution in [-0.4, -0.2) is 18.1 Å². The quantitative estimate of drug-likeness (QED) is 0.780. The molecule has 16 heavy (non-hydrogen) atoms. The molecule has 1 aromatic carbocycles. The van der Waals surface area contributed by atoms with E-state index in [9.17, 15) is 0 Å². The zero-order valence-electron chi connectivity index (χ0n) is 9.23. The van der Waals surface area contributed by atoms with E-state index in [0.29, 0.717) is 0 Å². The van der Waals surface area contributed by atoms with Crippen molar-refractivity contribution in [3.8, 4) is 5.75 Å². The molecule has 2 aromatic rings. The molecule has 1 aromatic heterocycles. The van der Waals surface area contributed by atoms with Crippen molar-refractivity contribution in [2.45, 2.75) is 12.8 Å². The molecule has 0 fully saturated rings. The number of unbranched alkanes of at least 4 members (excludes halogenated alkanes) is 1. The van der Waals surface area contributed by atoms with Crippen LogP contribution in [0.2, 0.25) is 0 Å². The predicted molar refractivity (Wildman–Crippen MR) is 65.5 cm³/mol. The highest BCUT2D eigenvalue weighted by atomic mass is 16.5. The van der Waals surface area contributed by atoms with Crippen LogP contribution in [0, 0.1) is 0 Å². The minimum absolute atomic E-state index is 0.725. The topological polar surface area (TPSA) is 48.1 Å². The van der Waals surface area contributed by atoms with Crippen molar-refractivity contribution >= 4 is 10.9 Å². The van der Waals surface area contributed by atoms with Crippen LogP contribution >= 0.6 is 0 Å². The highest BCUT2D eigenvalue weighted by molar-refractivity contribution is 5.79. The summed E-state index contributed by atoms with van der Waals surface area (Å²) < 4.78 is 5.63. The Kier molecular flexibility index (Phi) is 3.72. The molecule has 2 rings (SSSR count). The van der Waals surface area contributed by atoms with Gasteiger partial charge < -0.3 is 10.5 Å². The van der Waals surface area contributed by atoms with E-state index in [0.717, 1.165) is 42.6 Å². The molecule has 0 spiro atoms. The number of nitrogens with two attached hydrogens (primary N) is 1. The molecule has 0 saturated carbocycles. The van der Waals surface area contributed by atoms with Gasteiger partial charge in [-0.2, -0.15) is 0 Å². The lowest BCUT2D eigenvalue weighted by Crippen LogP contribution is -2.03. The van der Waals surface area contributed by atoms with Crippen LogP contribution in [0.1, 0.15) is 12.8 Å². The lowest BCUT2D eigenvalue weighted by molar-refractivity contribution is 0.308. The molecule has 3 heteroatoms. The molecule has 0 aliphatic carbocycles. The van der Waals surface area contributed by atoms with E-state index in [4.69, 9.17) is 10.5 Å². The van der Waals surface area contributed by atoms with Crippen molar-refractivity contribution in [1.29, 1.82) is 0 Å². The SMILES string of the molecule is NCCCCOc1ccc2ncccc2c1. The van der Waals surface area contributed by atoms with E-state index in [1.807, 2.05) is 30.3 Å². The molecule has 0 amide bonds.